The molecule has 2 aliphatic heterocycles. The van der Waals surface area contributed by atoms with E-state index in [9.17, 15) is 0 Å². The molecule has 3 aromatic rings. The van der Waals surface area contributed by atoms with Crippen molar-refractivity contribution in [2.24, 2.45) is 5.10 Å². The molecule has 0 aromatic heterocycles. The van der Waals surface area contributed by atoms with Crippen molar-refractivity contribution in [3.05, 3.63) is 83.4 Å². The summed E-state index contributed by atoms with van der Waals surface area (Å²) in [5, 5.41) is 7.20. The second-order valence-corrected chi connectivity index (χ2v) is 9.38. The molecular formula is C28H30N2O3S. The van der Waals surface area contributed by atoms with Gasteiger partial charge in [0.2, 0.25) is 6.23 Å². The molecule has 0 spiro atoms. The molecule has 0 radical (unpaired) electrons. The molecule has 2 heterocycles. The van der Waals surface area contributed by atoms with Gasteiger partial charge in [0.25, 0.3) is 0 Å². The van der Waals surface area contributed by atoms with Crippen molar-refractivity contribution in [3.63, 3.8) is 0 Å². The second kappa shape index (κ2) is 10.0. The highest BCUT2D eigenvalue weighted by Gasteiger charge is 2.41. The van der Waals surface area contributed by atoms with Crippen molar-refractivity contribution < 1.29 is 14.2 Å². The summed E-state index contributed by atoms with van der Waals surface area (Å²) in [7, 11) is 1.67. The summed E-state index contributed by atoms with van der Waals surface area (Å²) in [6.45, 7) is 2.81. The van der Waals surface area contributed by atoms with Gasteiger partial charge >= 0.3 is 0 Å². The molecule has 0 saturated carbocycles. The van der Waals surface area contributed by atoms with Crippen LogP contribution in [0.1, 0.15) is 55.1 Å². The molecule has 2 unspecified atom stereocenters. The molecule has 0 aliphatic carbocycles. The van der Waals surface area contributed by atoms with Crippen LogP contribution in [-0.4, -0.2) is 30.7 Å². The van der Waals surface area contributed by atoms with Gasteiger partial charge in [0, 0.05) is 22.4 Å². The Hall–Kier alpha value is -3.12. The fourth-order valence-corrected chi connectivity index (χ4v) is 4.91. The van der Waals surface area contributed by atoms with Gasteiger partial charge in [-0.05, 0) is 54.6 Å². The third-order valence-corrected chi connectivity index (χ3v) is 7.09. The topological polar surface area (TPSA) is 43.3 Å². The van der Waals surface area contributed by atoms with Crippen LogP contribution in [-0.2, 0) is 0 Å². The van der Waals surface area contributed by atoms with Crippen molar-refractivity contribution in [1.29, 1.82) is 0 Å². The lowest BCUT2D eigenvalue weighted by Crippen LogP contribution is -2.33. The number of benzene rings is 3. The van der Waals surface area contributed by atoms with E-state index >= 15 is 0 Å². The second-order valence-electron chi connectivity index (χ2n) is 8.50. The van der Waals surface area contributed by atoms with Gasteiger partial charge in [-0.1, -0.05) is 43.7 Å². The average Bonchev–Trinajstić information content (AvgIpc) is 3.34. The summed E-state index contributed by atoms with van der Waals surface area (Å²) in [5.41, 5.74) is 4.40. The number of para-hydroxylation sites is 1. The Bertz CT molecular complexity index is 1180. The smallest absolute Gasteiger partial charge is 0.214 e. The SMILES string of the molecule is CCCCOc1cc(C2Oc3ccccc3C3CC(c4ccc(SC)cc4)=NN32)ccc1OC. The van der Waals surface area contributed by atoms with Gasteiger partial charge in [0.1, 0.15) is 5.75 Å². The quantitative estimate of drug-likeness (QED) is 0.264. The summed E-state index contributed by atoms with van der Waals surface area (Å²) in [6.07, 6.45) is 4.66. The van der Waals surface area contributed by atoms with Crippen LogP contribution < -0.4 is 14.2 Å². The monoisotopic (exact) mass is 474 g/mol. The standard InChI is InChI=1S/C28H30N2O3S/c1-4-5-16-32-27-17-20(12-15-26(27)31-2)28-30-24(22-8-6-7-9-25(22)33-28)18-23(29-30)19-10-13-21(34-3)14-11-19/h6-15,17,24,28H,4-5,16,18H2,1-3H3. The minimum atomic E-state index is -0.345. The first kappa shape index (κ1) is 22.7. The molecule has 0 fully saturated rings. The lowest BCUT2D eigenvalue weighted by molar-refractivity contribution is -0.0191. The predicted octanol–water partition coefficient (Wildman–Crippen LogP) is 6.84. The van der Waals surface area contributed by atoms with Crippen LogP contribution in [0.3, 0.4) is 0 Å². The maximum atomic E-state index is 6.53. The maximum absolute atomic E-state index is 6.53. The molecule has 0 saturated heterocycles. The molecule has 6 heteroatoms. The number of rotatable bonds is 8. The van der Waals surface area contributed by atoms with Crippen molar-refractivity contribution >= 4 is 17.5 Å². The van der Waals surface area contributed by atoms with Crippen molar-refractivity contribution in [2.75, 3.05) is 20.0 Å². The van der Waals surface area contributed by atoms with E-state index in [1.165, 1.54) is 10.5 Å². The number of hydrogen-bond donors (Lipinski definition) is 0. The summed E-state index contributed by atoms with van der Waals surface area (Å²) in [6, 6.07) is 23.1. The van der Waals surface area contributed by atoms with E-state index < -0.39 is 0 Å². The number of unbranched alkanes of at least 4 members (excludes halogenated alkanes) is 1. The Morgan fingerprint density at radius 3 is 2.65 bits per heavy atom. The van der Waals surface area contributed by atoms with E-state index in [-0.39, 0.29) is 12.3 Å². The average molecular weight is 475 g/mol. The summed E-state index contributed by atoms with van der Waals surface area (Å²) < 4.78 is 18.1. The highest BCUT2D eigenvalue weighted by Crippen LogP contribution is 2.48. The molecular weight excluding hydrogens is 444 g/mol. The molecule has 2 aliphatic rings. The Kier molecular flexibility index (Phi) is 6.68. The molecule has 0 N–H and O–H groups in total. The Labute approximate surface area is 205 Å². The highest BCUT2D eigenvalue weighted by molar-refractivity contribution is 7.98. The molecule has 0 amide bonds. The number of ether oxygens (including phenoxy) is 3. The van der Waals surface area contributed by atoms with Crippen molar-refractivity contribution in [1.82, 2.24) is 5.01 Å². The van der Waals surface area contributed by atoms with Crippen LogP contribution in [0.2, 0.25) is 0 Å². The third-order valence-electron chi connectivity index (χ3n) is 6.35. The van der Waals surface area contributed by atoms with Gasteiger partial charge in [-0.2, -0.15) is 5.10 Å². The summed E-state index contributed by atoms with van der Waals surface area (Å²) in [4.78, 5) is 1.25. The van der Waals surface area contributed by atoms with Gasteiger partial charge in [-0.15, -0.1) is 11.8 Å². The zero-order valence-corrected chi connectivity index (χ0v) is 20.7. The first-order valence-electron chi connectivity index (χ1n) is 11.8. The van der Waals surface area contributed by atoms with Gasteiger partial charge < -0.3 is 14.2 Å². The Morgan fingerprint density at radius 1 is 1.06 bits per heavy atom. The van der Waals surface area contributed by atoms with Gasteiger partial charge in [0.15, 0.2) is 11.5 Å². The Balaban J connectivity index is 1.51. The van der Waals surface area contributed by atoms with E-state index in [1.807, 2.05) is 30.3 Å². The minimum absolute atomic E-state index is 0.122. The summed E-state index contributed by atoms with van der Waals surface area (Å²) in [5.74, 6) is 2.38. The van der Waals surface area contributed by atoms with Crippen LogP contribution in [0.25, 0.3) is 0 Å². The van der Waals surface area contributed by atoms with Gasteiger partial charge in [-0.3, -0.25) is 0 Å². The minimum Gasteiger partial charge on any atom is -0.493 e. The van der Waals surface area contributed by atoms with E-state index in [0.29, 0.717) is 6.61 Å². The number of fused-ring (bicyclic) bond motifs is 3. The van der Waals surface area contributed by atoms with Crippen LogP contribution in [0.15, 0.2) is 76.7 Å². The number of methoxy groups -OCH3 is 1. The Morgan fingerprint density at radius 2 is 1.88 bits per heavy atom. The zero-order valence-electron chi connectivity index (χ0n) is 19.9. The van der Waals surface area contributed by atoms with E-state index in [0.717, 1.165) is 53.3 Å². The molecule has 34 heavy (non-hydrogen) atoms. The predicted molar refractivity (Wildman–Crippen MR) is 137 cm³/mol. The van der Waals surface area contributed by atoms with Gasteiger partial charge in [-0.25, -0.2) is 5.01 Å². The molecule has 3 aromatic carbocycles. The first-order valence-corrected chi connectivity index (χ1v) is 13.0. The van der Waals surface area contributed by atoms with Gasteiger partial charge in [0.05, 0.1) is 25.5 Å². The number of thioether (sulfide) groups is 1. The van der Waals surface area contributed by atoms with Crippen LogP contribution in [0.4, 0.5) is 0 Å². The maximum Gasteiger partial charge on any atom is 0.214 e. The number of nitrogens with zero attached hydrogens (tertiary/aromatic N) is 2. The largest absolute Gasteiger partial charge is 0.493 e. The zero-order chi connectivity index (χ0) is 23.5. The fraction of sp³-hybridized carbons (Fsp3) is 0.321. The molecule has 0 bridgehead atoms. The van der Waals surface area contributed by atoms with E-state index in [1.54, 1.807) is 18.9 Å². The fourth-order valence-electron chi connectivity index (χ4n) is 4.50. The normalized spacial score (nSPS) is 18.6. The lowest BCUT2D eigenvalue weighted by atomic mass is 9.96. The van der Waals surface area contributed by atoms with Crippen molar-refractivity contribution in [2.45, 2.75) is 43.4 Å². The first-order chi connectivity index (χ1) is 16.7. The third kappa shape index (κ3) is 4.34. The molecule has 176 valence electrons. The molecule has 2 atom stereocenters. The number of hydrazone groups is 1. The van der Waals surface area contributed by atoms with Crippen LogP contribution in [0.5, 0.6) is 17.2 Å². The van der Waals surface area contributed by atoms with Crippen molar-refractivity contribution in [3.8, 4) is 17.2 Å². The van der Waals surface area contributed by atoms with E-state index in [4.69, 9.17) is 19.3 Å². The summed E-state index contributed by atoms with van der Waals surface area (Å²) >= 11 is 1.75. The molecule has 5 rings (SSSR count). The van der Waals surface area contributed by atoms with Crippen LogP contribution >= 0.6 is 11.8 Å². The van der Waals surface area contributed by atoms with Crippen LogP contribution in [0, 0.1) is 0 Å². The highest BCUT2D eigenvalue weighted by atomic mass is 32.2. The van der Waals surface area contributed by atoms with E-state index in [2.05, 4.69) is 54.6 Å². The number of hydrogen-bond acceptors (Lipinski definition) is 6. The lowest BCUT2D eigenvalue weighted by Gasteiger charge is -2.38. The molecule has 5 nitrogen and oxygen atoms in total.